The molecular formula is C22H36N4O5S. The first-order valence-electron chi connectivity index (χ1n) is 12.2. The van der Waals surface area contributed by atoms with E-state index in [1.165, 1.54) is 11.3 Å². The number of hydrogen-bond donors (Lipinski definition) is 2. The number of hydrogen-bond acceptors (Lipinski definition) is 6. The van der Waals surface area contributed by atoms with Crippen molar-refractivity contribution in [1.82, 2.24) is 20.0 Å². The molecule has 2 aliphatic heterocycles. The smallest absolute Gasteiger partial charge is 0.320 e. The Bertz CT molecular complexity index is 872. The van der Waals surface area contributed by atoms with Crippen LogP contribution in [-0.2, 0) is 19.7 Å². The van der Waals surface area contributed by atoms with Crippen LogP contribution < -0.4 is 10.2 Å². The molecule has 0 spiro atoms. The van der Waals surface area contributed by atoms with Crippen molar-refractivity contribution in [1.29, 1.82) is 0 Å². The van der Waals surface area contributed by atoms with Crippen LogP contribution in [0.1, 0.15) is 71.6 Å². The first kappa shape index (κ1) is 22.6. The molecule has 5 fully saturated rings. The summed E-state index contributed by atoms with van der Waals surface area (Å²) >= 11 is 0. The van der Waals surface area contributed by atoms with Crippen LogP contribution in [0, 0.1) is 11.8 Å². The molecule has 10 heteroatoms. The molecule has 5 aliphatic rings. The molecule has 32 heavy (non-hydrogen) atoms. The van der Waals surface area contributed by atoms with Gasteiger partial charge in [-0.15, -0.1) is 0 Å². The summed E-state index contributed by atoms with van der Waals surface area (Å²) in [4.78, 5) is 35.7. The number of carbonyl (C=O) groups excluding carboxylic acids is 2. The average molecular weight is 469 g/mol. The number of nitrogens with one attached hydrogen (secondary N) is 2. The summed E-state index contributed by atoms with van der Waals surface area (Å²) in [5.74, 6) is -0.218. The van der Waals surface area contributed by atoms with Crippen LogP contribution in [-0.4, -0.2) is 72.2 Å². The Labute approximate surface area is 190 Å². The highest BCUT2D eigenvalue weighted by Crippen LogP contribution is 2.41. The molecule has 3 amide bonds. The minimum atomic E-state index is -3.51. The molecule has 0 aromatic heterocycles. The second kappa shape index (κ2) is 8.21. The van der Waals surface area contributed by atoms with E-state index in [1.54, 1.807) is 0 Å². The van der Waals surface area contributed by atoms with Gasteiger partial charge in [0.1, 0.15) is 0 Å². The third kappa shape index (κ3) is 4.31. The molecule has 0 aromatic carbocycles. The van der Waals surface area contributed by atoms with E-state index in [-0.39, 0.29) is 48.6 Å². The number of rotatable bonds is 7. The van der Waals surface area contributed by atoms with Gasteiger partial charge in [-0.3, -0.25) is 14.5 Å². The van der Waals surface area contributed by atoms with E-state index in [0.717, 1.165) is 32.1 Å². The van der Waals surface area contributed by atoms with Crippen LogP contribution in [0.15, 0.2) is 0 Å². The molecule has 0 bridgehead atoms. The number of imide groups is 1. The molecule has 0 radical (unpaired) electrons. The van der Waals surface area contributed by atoms with Gasteiger partial charge in [0.05, 0.1) is 23.8 Å². The standard InChI is InChI=1S/C22H36N4O5S/c1-14-10-16(31-23-14)13-26-20(27)18-11-17(32(29,30)24-22(2)8-9-22)6-7-19(18)25(21(26)28)12-15-4-3-5-15/h14-19,23-24H,3-13H2,1-2H3. The second-order valence-corrected chi connectivity index (χ2v) is 13.0. The summed E-state index contributed by atoms with van der Waals surface area (Å²) in [5.41, 5.74) is 2.59. The van der Waals surface area contributed by atoms with Crippen molar-refractivity contribution in [2.45, 2.75) is 101 Å². The van der Waals surface area contributed by atoms with Crippen molar-refractivity contribution in [3.8, 4) is 0 Å². The highest BCUT2D eigenvalue weighted by atomic mass is 32.2. The van der Waals surface area contributed by atoms with E-state index >= 15 is 0 Å². The van der Waals surface area contributed by atoms with Crippen molar-refractivity contribution >= 4 is 22.0 Å². The minimum Gasteiger partial charge on any atom is -0.320 e. The quantitative estimate of drug-likeness (QED) is 0.589. The highest BCUT2D eigenvalue weighted by molar-refractivity contribution is 7.90. The van der Waals surface area contributed by atoms with Crippen LogP contribution >= 0.6 is 0 Å². The molecule has 9 nitrogen and oxygen atoms in total. The van der Waals surface area contributed by atoms with Crippen LogP contribution in [0.2, 0.25) is 0 Å². The zero-order valence-electron chi connectivity index (χ0n) is 19.1. The number of urea groups is 1. The van der Waals surface area contributed by atoms with Crippen molar-refractivity contribution in [2.24, 2.45) is 11.8 Å². The van der Waals surface area contributed by atoms with E-state index in [9.17, 15) is 18.0 Å². The fourth-order valence-corrected chi connectivity index (χ4v) is 7.66. The fraction of sp³-hybridized carbons (Fsp3) is 0.909. The Morgan fingerprint density at radius 3 is 2.47 bits per heavy atom. The van der Waals surface area contributed by atoms with Gasteiger partial charge >= 0.3 is 6.03 Å². The topological polar surface area (TPSA) is 108 Å². The van der Waals surface area contributed by atoms with Gasteiger partial charge < -0.3 is 4.90 Å². The van der Waals surface area contributed by atoms with Gasteiger partial charge in [-0.05, 0) is 71.1 Å². The summed E-state index contributed by atoms with van der Waals surface area (Å²) in [7, 11) is -3.51. The van der Waals surface area contributed by atoms with Crippen LogP contribution in [0.3, 0.4) is 0 Å². The van der Waals surface area contributed by atoms with Crippen molar-refractivity contribution in [2.75, 3.05) is 13.1 Å². The molecule has 0 aromatic rings. The lowest BCUT2D eigenvalue weighted by molar-refractivity contribution is -0.142. The van der Waals surface area contributed by atoms with Gasteiger partial charge in [0.15, 0.2) is 0 Å². The second-order valence-electron chi connectivity index (χ2n) is 11.0. The lowest BCUT2D eigenvalue weighted by atomic mass is 9.79. The fourth-order valence-electron chi connectivity index (χ4n) is 5.70. The third-order valence-corrected chi connectivity index (χ3v) is 10.3. The molecule has 3 aliphatic carbocycles. The van der Waals surface area contributed by atoms with Gasteiger partial charge in [-0.25, -0.2) is 17.9 Å². The Balaban J connectivity index is 1.35. The maximum absolute atomic E-state index is 13.5. The van der Waals surface area contributed by atoms with Crippen LogP contribution in [0.25, 0.3) is 0 Å². The van der Waals surface area contributed by atoms with Crippen LogP contribution in [0.4, 0.5) is 4.79 Å². The minimum absolute atomic E-state index is 0.174. The van der Waals surface area contributed by atoms with Gasteiger partial charge in [-0.1, -0.05) is 6.42 Å². The molecule has 2 N–H and O–H groups in total. The summed E-state index contributed by atoms with van der Waals surface area (Å²) in [5, 5.41) is -0.588. The Morgan fingerprint density at radius 1 is 1.12 bits per heavy atom. The van der Waals surface area contributed by atoms with E-state index in [1.807, 2.05) is 18.7 Å². The van der Waals surface area contributed by atoms with Crippen molar-refractivity contribution in [3.05, 3.63) is 0 Å². The van der Waals surface area contributed by atoms with Gasteiger partial charge in [0, 0.05) is 24.2 Å². The van der Waals surface area contributed by atoms with Gasteiger partial charge in [0.2, 0.25) is 15.9 Å². The number of sulfonamides is 1. The lowest BCUT2D eigenvalue weighted by Crippen LogP contribution is -2.65. The molecule has 5 atom stereocenters. The summed E-state index contributed by atoms with van der Waals surface area (Å²) < 4.78 is 29.0. The molecule has 2 saturated heterocycles. The largest absolute Gasteiger partial charge is 0.327 e. The predicted molar refractivity (Wildman–Crippen MR) is 118 cm³/mol. The molecule has 3 saturated carbocycles. The number of carbonyl (C=O) groups is 2. The van der Waals surface area contributed by atoms with Gasteiger partial charge in [0.25, 0.3) is 0 Å². The zero-order valence-corrected chi connectivity index (χ0v) is 19.9. The van der Waals surface area contributed by atoms with E-state index < -0.39 is 21.2 Å². The molecule has 5 rings (SSSR count). The number of nitrogens with zero attached hydrogens (tertiary/aromatic N) is 2. The number of amides is 3. The average Bonchev–Trinajstić information content (AvgIpc) is 3.27. The number of hydroxylamine groups is 1. The lowest BCUT2D eigenvalue weighted by Gasteiger charge is -2.50. The molecule has 180 valence electrons. The van der Waals surface area contributed by atoms with E-state index in [0.29, 0.717) is 25.3 Å². The van der Waals surface area contributed by atoms with Crippen LogP contribution in [0.5, 0.6) is 0 Å². The number of fused-ring (bicyclic) bond motifs is 1. The molecule has 5 unspecified atom stereocenters. The van der Waals surface area contributed by atoms with E-state index in [2.05, 4.69) is 10.2 Å². The third-order valence-electron chi connectivity index (χ3n) is 8.17. The predicted octanol–water partition coefficient (Wildman–Crippen LogP) is 1.74. The summed E-state index contributed by atoms with van der Waals surface area (Å²) in [6, 6.07) is -0.250. The first-order valence-corrected chi connectivity index (χ1v) is 13.8. The van der Waals surface area contributed by atoms with Crippen molar-refractivity contribution in [3.63, 3.8) is 0 Å². The Morgan fingerprint density at radius 2 is 1.88 bits per heavy atom. The Hall–Kier alpha value is -1.23. The monoisotopic (exact) mass is 468 g/mol. The molecular weight excluding hydrogens is 432 g/mol. The maximum atomic E-state index is 13.5. The summed E-state index contributed by atoms with van der Waals surface area (Å²) in [6.45, 7) is 4.81. The normalized spacial score (nSPS) is 37.4. The first-order chi connectivity index (χ1) is 15.2. The van der Waals surface area contributed by atoms with Gasteiger partial charge in [-0.2, -0.15) is 5.48 Å². The maximum Gasteiger partial charge on any atom is 0.327 e. The summed E-state index contributed by atoms with van der Waals surface area (Å²) in [6.07, 6.45) is 6.94. The zero-order chi connectivity index (χ0) is 22.7. The molecule has 2 heterocycles. The SMILES string of the molecule is CC1CC(CN2C(=O)C3CC(S(=O)(=O)NC4(C)CC4)CCC3N(CC3CCC3)C2=O)ON1. The highest BCUT2D eigenvalue weighted by Gasteiger charge is 2.53. The Kier molecular flexibility index (Phi) is 5.79. The van der Waals surface area contributed by atoms with Crippen molar-refractivity contribution < 1.29 is 22.8 Å². The van der Waals surface area contributed by atoms with E-state index in [4.69, 9.17) is 4.84 Å².